The zero-order valence-corrected chi connectivity index (χ0v) is 15.5. The molecule has 0 aliphatic carbocycles. The lowest BCUT2D eigenvalue weighted by Crippen LogP contribution is -2.17. The Labute approximate surface area is 162 Å². The molecule has 0 spiro atoms. The fraction of sp³-hybridized carbons (Fsp3) is 0.150. The summed E-state index contributed by atoms with van der Waals surface area (Å²) in [5, 5.41) is 6.39. The zero-order chi connectivity index (χ0) is 19.1. The van der Waals surface area contributed by atoms with Crippen molar-refractivity contribution >= 4 is 29.0 Å². The number of para-hydroxylation sites is 1. The van der Waals surface area contributed by atoms with Crippen LogP contribution in [0.3, 0.4) is 0 Å². The van der Waals surface area contributed by atoms with Crippen molar-refractivity contribution in [3.8, 4) is 11.4 Å². The summed E-state index contributed by atoms with van der Waals surface area (Å²) in [6, 6.07) is 18.1. The fourth-order valence-electron chi connectivity index (χ4n) is 2.40. The van der Waals surface area contributed by atoms with Crippen LogP contribution in [0.15, 0.2) is 60.7 Å². The van der Waals surface area contributed by atoms with Crippen molar-refractivity contribution < 1.29 is 9.53 Å². The fourth-order valence-corrected chi connectivity index (χ4v) is 2.58. The van der Waals surface area contributed by atoms with Crippen LogP contribution in [0.1, 0.15) is 10.5 Å². The summed E-state index contributed by atoms with van der Waals surface area (Å²) >= 11 is 6.12. The first-order valence-corrected chi connectivity index (χ1v) is 8.78. The van der Waals surface area contributed by atoms with E-state index in [1.807, 2.05) is 30.3 Å². The Kier molecular flexibility index (Phi) is 6.35. The van der Waals surface area contributed by atoms with Gasteiger partial charge in [0.1, 0.15) is 11.5 Å². The quantitative estimate of drug-likeness (QED) is 0.601. The van der Waals surface area contributed by atoms with E-state index in [9.17, 15) is 4.79 Å². The molecule has 1 amide bonds. The van der Waals surface area contributed by atoms with Gasteiger partial charge in [0.05, 0.1) is 17.3 Å². The third-order valence-corrected chi connectivity index (χ3v) is 4.05. The van der Waals surface area contributed by atoms with E-state index in [-0.39, 0.29) is 11.6 Å². The molecule has 2 aromatic carbocycles. The van der Waals surface area contributed by atoms with Gasteiger partial charge in [0, 0.05) is 25.3 Å². The Hall–Kier alpha value is -2.96. The zero-order valence-electron chi connectivity index (χ0n) is 14.8. The van der Waals surface area contributed by atoms with Crippen LogP contribution in [0.2, 0.25) is 5.02 Å². The lowest BCUT2D eigenvalue weighted by molar-refractivity contribution is 0.102. The van der Waals surface area contributed by atoms with Crippen molar-refractivity contribution in [1.82, 2.24) is 9.97 Å². The SMILES string of the molecule is COCCNc1cc(C(=O)Nc2ccccc2Cl)nc(-c2ccccc2)n1. The summed E-state index contributed by atoms with van der Waals surface area (Å²) in [7, 11) is 1.62. The summed E-state index contributed by atoms with van der Waals surface area (Å²) in [4.78, 5) is 21.6. The molecule has 1 heterocycles. The molecule has 0 aliphatic heterocycles. The third-order valence-electron chi connectivity index (χ3n) is 3.73. The predicted molar refractivity (Wildman–Crippen MR) is 107 cm³/mol. The van der Waals surface area contributed by atoms with Crippen LogP contribution in [-0.2, 0) is 4.74 Å². The van der Waals surface area contributed by atoms with Crippen LogP contribution >= 0.6 is 11.6 Å². The van der Waals surface area contributed by atoms with Crippen LogP contribution < -0.4 is 10.6 Å². The average Bonchev–Trinajstić information content (AvgIpc) is 2.70. The maximum atomic E-state index is 12.7. The molecular formula is C20H19ClN4O2. The number of aromatic nitrogens is 2. The van der Waals surface area contributed by atoms with Gasteiger partial charge in [0.25, 0.3) is 5.91 Å². The van der Waals surface area contributed by atoms with E-state index in [4.69, 9.17) is 16.3 Å². The number of nitrogens with one attached hydrogen (secondary N) is 2. The van der Waals surface area contributed by atoms with Crippen molar-refractivity contribution in [1.29, 1.82) is 0 Å². The van der Waals surface area contributed by atoms with Crippen molar-refractivity contribution in [2.75, 3.05) is 30.9 Å². The summed E-state index contributed by atoms with van der Waals surface area (Å²) in [5.41, 5.74) is 1.58. The van der Waals surface area contributed by atoms with Gasteiger partial charge in [-0.05, 0) is 12.1 Å². The molecule has 0 bridgehead atoms. The lowest BCUT2D eigenvalue weighted by atomic mass is 10.2. The molecule has 0 aliphatic rings. The molecule has 0 fully saturated rings. The van der Waals surface area contributed by atoms with E-state index in [1.165, 1.54) is 0 Å². The van der Waals surface area contributed by atoms with Gasteiger partial charge in [-0.2, -0.15) is 0 Å². The van der Waals surface area contributed by atoms with E-state index in [2.05, 4.69) is 20.6 Å². The topological polar surface area (TPSA) is 76.1 Å². The number of halogens is 1. The number of rotatable bonds is 7. The normalized spacial score (nSPS) is 10.4. The molecule has 1 aromatic heterocycles. The maximum absolute atomic E-state index is 12.7. The van der Waals surface area contributed by atoms with Gasteiger partial charge in [0.15, 0.2) is 5.82 Å². The first-order chi connectivity index (χ1) is 13.2. The van der Waals surface area contributed by atoms with Gasteiger partial charge in [-0.25, -0.2) is 9.97 Å². The molecular weight excluding hydrogens is 364 g/mol. The van der Waals surface area contributed by atoms with E-state index in [0.29, 0.717) is 35.5 Å². The molecule has 27 heavy (non-hydrogen) atoms. The van der Waals surface area contributed by atoms with Gasteiger partial charge in [-0.15, -0.1) is 0 Å². The van der Waals surface area contributed by atoms with E-state index in [1.54, 1.807) is 37.4 Å². The van der Waals surface area contributed by atoms with Gasteiger partial charge in [0.2, 0.25) is 0 Å². The van der Waals surface area contributed by atoms with Crippen LogP contribution in [0.5, 0.6) is 0 Å². The Morgan fingerprint density at radius 1 is 1.07 bits per heavy atom. The maximum Gasteiger partial charge on any atom is 0.274 e. The van der Waals surface area contributed by atoms with Gasteiger partial charge >= 0.3 is 0 Å². The second kappa shape index (κ2) is 9.12. The number of anilines is 2. The summed E-state index contributed by atoms with van der Waals surface area (Å²) in [6.07, 6.45) is 0. The van der Waals surface area contributed by atoms with Crippen molar-refractivity contribution in [3.63, 3.8) is 0 Å². The molecule has 0 saturated heterocycles. The largest absolute Gasteiger partial charge is 0.383 e. The minimum absolute atomic E-state index is 0.240. The molecule has 7 heteroatoms. The number of ether oxygens (including phenoxy) is 1. The number of amides is 1. The minimum Gasteiger partial charge on any atom is -0.383 e. The Morgan fingerprint density at radius 3 is 2.56 bits per heavy atom. The molecule has 3 rings (SSSR count). The summed E-state index contributed by atoms with van der Waals surface area (Å²) < 4.78 is 5.05. The van der Waals surface area contributed by atoms with Crippen molar-refractivity contribution in [2.24, 2.45) is 0 Å². The van der Waals surface area contributed by atoms with E-state index >= 15 is 0 Å². The number of hydrogen-bond donors (Lipinski definition) is 2. The van der Waals surface area contributed by atoms with Crippen molar-refractivity contribution in [3.05, 3.63) is 71.4 Å². The van der Waals surface area contributed by atoms with E-state index in [0.717, 1.165) is 5.56 Å². The highest BCUT2D eigenvalue weighted by atomic mass is 35.5. The average molecular weight is 383 g/mol. The summed E-state index contributed by atoms with van der Waals surface area (Å²) in [6.45, 7) is 1.08. The second-order valence-electron chi connectivity index (χ2n) is 5.68. The monoisotopic (exact) mass is 382 g/mol. The van der Waals surface area contributed by atoms with Gasteiger partial charge in [-0.1, -0.05) is 54.1 Å². The summed E-state index contributed by atoms with van der Waals surface area (Å²) in [5.74, 6) is 0.644. The number of hydrogen-bond acceptors (Lipinski definition) is 5. The number of carbonyl (C=O) groups excluding carboxylic acids is 1. The Bertz CT molecular complexity index is 919. The highest BCUT2D eigenvalue weighted by molar-refractivity contribution is 6.33. The molecule has 0 atom stereocenters. The Balaban J connectivity index is 1.91. The number of benzene rings is 2. The van der Waals surface area contributed by atoms with Gasteiger partial charge < -0.3 is 15.4 Å². The first-order valence-electron chi connectivity index (χ1n) is 8.40. The van der Waals surface area contributed by atoms with Crippen LogP contribution in [-0.4, -0.2) is 36.1 Å². The second-order valence-corrected chi connectivity index (χ2v) is 6.09. The molecule has 0 saturated carbocycles. The highest BCUT2D eigenvalue weighted by Gasteiger charge is 2.14. The standard InChI is InChI=1S/C20H19ClN4O2/c1-27-12-11-22-18-13-17(20(26)24-16-10-6-5-9-15(16)21)23-19(25-18)14-7-3-2-4-8-14/h2-10,13H,11-12H2,1H3,(H,24,26)(H,22,23,25). The molecule has 3 aromatic rings. The lowest BCUT2D eigenvalue weighted by Gasteiger charge is -2.11. The number of carbonyl (C=O) groups is 1. The van der Waals surface area contributed by atoms with Crippen LogP contribution in [0.25, 0.3) is 11.4 Å². The first kappa shape index (κ1) is 18.8. The van der Waals surface area contributed by atoms with Gasteiger partial charge in [-0.3, -0.25) is 4.79 Å². The van der Waals surface area contributed by atoms with Crippen molar-refractivity contribution in [2.45, 2.75) is 0 Å². The number of nitrogens with zero attached hydrogens (tertiary/aromatic N) is 2. The van der Waals surface area contributed by atoms with Crippen LogP contribution in [0.4, 0.5) is 11.5 Å². The third kappa shape index (κ3) is 5.03. The molecule has 6 nitrogen and oxygen atoms in total. The van der Waals surface area contributed by atoms with E-state index < -0.39 is 0 Å². The molecule has 138 valence electrons. The highest BCUT2D eigenvalue weighted by Crippen LogP contribution is 2.22. The smallest absolute Gasteiger partial charge is 0.274 e. The number of methoxy groups -OCH3 is 1. The molecule has 2 N–H and O–H groups in total. The molecule has 0 unspecified atom stereocenters. The predicted octanol–water partition coefficient (Wildman–Crippen LogP) is 4.11. The Morgan fingerprint density at radius 2 is 1.81 bits per heavy atom. The van der Waals surface area contributed by atoms with Crippen LogP contribution in [0, 0.1) is 0 Å². The molecule has 0 radical (unpaired) electrons. The minimum atomic E-state index is -0.363.